The van der Waals surface area contributed by atoms with Crippen LogP contribution >= 0.6 is 0 Å². The fourth-order valence-electron chi connectivity index (χ4n) is 3.39. The summed E-state index contributed by atoms with van der Waals surface area (Å²) in [5, 5.41) is 2.57. The highest BCUT2D eigenvalue weighted by Gasteiger charge is 2.33. The van der Waals surface area contributed by atoms with Crippen LogP contribution in [0.25, 0.3) is 0 Å². The summed E-state index contributed by atoms with van der Waals surface area (Å²) in [6, 6.07) is 5.78. The van der Waals surface area contributed by atoms with Gasteiger partial charge in [-0.05, 0) is 43.0 Å². The van der Waals surface area contributed by atoms with Crippen molar-refractivity contribution in [3.63, 3.8) is 0 Å². The van der Waals surface area contributed by atoms with Crippen LogP contribution in [-0.2, 0) is 4.79 Å². The number of benzene rings is 1. The third-order valence-corrected chi connectivity index (χ3v) is 5.33. The molecule has 0 bridgehead atoms. The highest BCUT2D eigenvalue weighted by Crippen LogP contribution is 2.24. The van der Waals surface area contributed by atoms with Crippen molar-refractivity contribution in [3.05, 3.63) is 29.8 Å². The van der Waals surface area contributed by atoms with Crippen molar-refractivity contribution in [2.45, 2.75) is 39.2 Å². The number of piperidine rings is 1. The van der Waals surface area contributed by atoms with E-state index in [9.17, 15) is 14.4 Å². The standard InChI is InChI=1S/C20H29N3O4/c1-4-13(2)17(22-20(21)26)19(25)23-11-9-15(10-12-23)18(24)14-5-7-16(27-3)8-6-14/h5-8,13,15,17H,4,9-12H2,1-3H3,(H3,21,22,26). The molecule has 2 rings (SSSR count). The van der Waals surface area contributed by atoms with Crippen molar-refractivity contribution in [2.24, 2.45) is 17.6 Å². The van der Waals surface area contributed by atoms with Crippen LogP contribution in [0.5, 0.6) is 5.75 Å². The second kappa shape index (κ2) is 9.39. The van der Waals surface area contributed by atoms with Gasteiger partial charge in [0.25, 0.3) is 0 Å². The molecule has 2 unspecified atom stereocenters. The summed E-state index contributed by atoms with van der Waals surface area (Å²) in [6.45, 7) is 4.88. The van der Waals surface area contributed by atoms with Crippen molar-refractivity contribution in [2.75, 3.05) is 20.2 Å². The number of ketones is 1. The number of hydrogen-bond donors (Lipinski definition) is 2. The number of urea groups is 1. The number of ether oxygens (including phenoxy) is 1. The molecule has 27 heavy (non-hydrogen) atoms. The lowest BCUT2D eigenvalue weighted by molar-refractivity contribution is -0.135. The first-order valence-corrected chi connectivity index (χ1v) is 9.40. The van der Waals surface area contributed by atoms with Gasteiger partial charge in [-0.3, -0.25) is 9.59 Å². The average molecular weight is 375 g/mol. The molecule has 1 fully saturated rings. The van der Waals surface area contributed by atoms with Crippen LogP contribution in [0.15, 0.2) is 24.3 Å². The molecule has 3 amide bonds. The molecule has 0 spiro atoms. The Labute approximate surface area is 160 Å². The maximum absolute atomic E-state index is 12.8. The Balaban J connectivity index is 1.97. The van der Waals surface area contributed by atoms with E-state index >= 15 is 0 Å². The summed E-state index contributed by atoms with van der Waals surface area (Å²) < 4.78 is 5.12. The quantitative estimate of drug-likeness (QED) is 0.713. The lowest BCUT2D eigenvalue weighted by Crippen LogP contribution is -2.54. The van der Waals surface area contributed by atoms with Crippen molar-refractivity contribution in [1.82, 2.24) is 10.2 Å². The van der Waals surface area contributed by atoms with E-state index in [1.165, 1.54) is 0 Å². The Morgan fingerprint density at radius 2 is 1.81 bits per heavy atom. The van der Waals surface area contributed by atoms with Gasteiger partial charge in [-0.15, -0.1) is 0 Å². The number of hydrogen-bond acceptors (Lipinski definition) is 4. The molecule has 0 saturated carbocycles. The van der Waals surface area contributed by atoms with Gasteiger partial charge in [0.05, 0.1) is 7.11 Å². The van der Waals surface area contributed by atoms with Crippen molar-refractivity contribution >= 4 is 17.7 Å². The van der Waals surface area contributed by atoms with Gasteiger partial charge in [0, 0.05) is 24.6 Å². The summed E-state index contributed by atoms with van der Waals surface area (Å²) in [5.41, 5.74) is 5.89. The molecule has 1 aliphatic rings. The van der Waals surface area contributed by atoms with E-state index in [2.05, 4.69) is 5.32 Å². The Bertz CT molecular complexity index is 666. The van der Waals surface area contributed by atoms with Gasteiger partial charge in [-0.25, -0.2) is 4.79 Å². The summed E-state index contributed by atoms with van der Waals surface area (Å²) in [5.74, 6) is 0.569. The first-order chi connectivity index (χ1) is 12.9. The lowest BCUT2D eigenvalue weighted by atomic mass is 9.88. The Morgan fingerprint density at radius 1 is 1.22 bits per heavy atom. The molecule has 0 aromatic heterocycles. The minimum absolute atomic E-state index is 0.0105. The Morgan fingerprint density at radius 3 is 2.30 bits per heavy atom. The van der Waals surface area contributed by atoms with Gasteiger partial charge in [0.1, 0.15) is 11.8 Å². The van der Waals surface area contributed by atoms with E-state index in [0.717, 1.165) is 6.42 Å². The van der Waals surface area contributed by atoms with Crippen LogP contribution in [-0.4, -0.2) is 48.9 Å². The summed E-state index contributed by atoms with van der Waals surface area (Å²) in [6.07, 6.45) is 1.98. The van der Waals surface area contributed by atoms with Gasteiger partial charge in [-0.2, -0.15) is 0 Å². The van der Waals surface area contributed by atoms with Gasteiger partial charge in [0.2, 0.25) is 5.91 Å². The molecule has 7 heteroatoms. The summed E-state index contributed by atoms with van der Waals surface area (Å²) in [4.78, 5) is 38.5. The predicted octanol–water partition coefficient (Wildman–Crippen LogP) is 2.20. The number of likely N-dealkylation sites (tertiary alicyclic amines) is 1. The van der Waals surface area contributed by atoms with Crippen LogP contribution in [0.2, 0.25) is 0 Å². The maximum Gasteiger partial charge on any atom is 0.312 e. The number of amides is 3. The van der Waals surface area contributed by atoms with E-state index < -0.39 is 12.1 Å². The summed E-state index contributed by atoms with van der Waals surface area (Å²) >= 11 is 0. The maximum atomic E-state index is 12.8. The van der Waals surface area contributed by atoms with E-state index in [1.54, 1.807) is 36.3 Å². The molecule has 1 aliphatic heterocycles. The molecule has 3 N–H and O–H groups in total. The molecule has 1 aromatic carbocycles. The normalized spacial score (nSPS) is 17.1. The van der Waals surface area contributed by atoms with Crippen LogP contribution in [0, 0.1) is 11.8 Å². The second-order valence-corrected chi connectivity index (χ2v) is 7.06. The number of nitrogens with zero attached hydrogens (tertiary/aromatic N) is 1. The van der Waals surface area contributed by atoms with E-state index in [1.807, 2.05) is 13.8 Å². The first kappa shape index (κ1) is 20.7. The zero-order valence-corrected chi connectivity index (χ0v) is 16.2. The van der Waals surface area contributed by atoms with Gasteiger partial charge < -0.3 is 20.7 Å². The number of carbonyl (C=O) groups is 3. The number of nitrogens with one attached hydrogen (secondary N) is 1. The monoisotopic (exact) mass is 375 g/mol. The molecule has 0 aliphatic carbocycles. The molecule has 1 saturated heterocycles. The van der Waals surface area contributed by atoms with Crippen LogP contribution in [0.1, 0.15) is 43.5 Å². The minimum Gasteiger partial charge on any atom is -0.497 e. The zero-order chi connectivity index (χ0) is 20.0. The largest absolute Gasteiger partial charge is 0.497 e. The third-order valence-electron chi connectivity index (χ3n) is 5.33. The minimum atomic E-state index is -0.696. The SMILES string of the molecule is CCC(C)C(NC(N)=O)C(=O)N1CCC(C(=O)c2ccc(OC)cc2)CC1. The number of primary amides is 1. The van der Waals surface area contributed by atoms with Crippen LogP contribution in [0.3, 0.4) is 0 Å². The second-order valence-electron chi connectivity index (χ2n) is 7.06. The van der Waals surface area contributed by atoms with E-state index in [4.69, 9.17) is 10.5 Å². The molecule has 2 atom stereocenters. The molecule has 0 radical (unpaired) electrons. The Kier molecular flexibility index (Phi) is 7.21. The molecule has 148 valence electrons. The molecule has 1 aromatic rings. The van der Waals surface area contributed by atoms with Crippen molar-refractivity contribution in [3.8, 4) is 5.75 Å². The topological polar surface area (TPSA) is 102 Å². The van der Waals surface area contributed by atoms with Gasteiger partial charge in [0.15, 0.2) is 5.78 Å². The number of carbonyl (C=O) groups excluding carboxylic acids is 3. The van der Waals surface area contributed by atoms with Crippen LogP contribution < -0.4 is 15.8 Å². The number of methoxy groups -OCH3 is 1. The van der Waals surface area contributed by atoms with Gasteiger partial charge in [-0.1, -0.05) is 20.3 Å². The molecular formula is C20H29N3O4. The molecule has 1 heterocycles. The predicted molar refractivity (Wildman–Crippen MR) is 103 cm³/mol. The first-order valence-electron chi connectivity index (χ1n) is 9.40. The van der Waals surface area contributed by atoms with Crippen molar-refractivity contribution in [1.29, 1.82) is 0 Å². The van der Waals surface area contributed by atoms with Gasteiger partial charge >= 0.3 is 6.03 Å². The fourth-order valence-corrected chi connectivity index (χ4v) is 3.39. The fraction of sp³-hybridized carbons (Fsp3) is 0.550. The third kappa shape index (κ3) is 5.21. The highest BCUT2D eigenvalue weighted by molar-refractivity contribution is 5.98. The number of Topliss-reactive ketones (excluding diaryl/α,β-unsaturated/α-hetero) is 1. The Hall–Kier alpha value is -2.57. The molecule has 7 nitrogen and oxygen atoms in total. The summed E-state index contributed by atoms with van der Waals surface area (Å²) in [7, 11) is 1.59. The average Bonchev–Trinajstić information content (AvgIpc) is 2.70. The molecular weight excluding hydrogens is 346 g/mol. The van der Waals surface area contributed by atoms with E-state index in [-0.39, 0.29) is 23.5 Å². The lowest BCUT2D eigenvalue weighted by Gasteiger charge is -2.35. The van der Waals surface area contributed by atoms with Crippen LogP contribution in [0.4, 0.5) is 4.79 Å². The zero-order valence-electron chi connectivity index (χ0n) is 16.2. The number of nitrogens with two attached hydrogens (primary N) is 1. The van der Waals surface area contributed by atoms with E-state index in [0.29, 0.717) is 37.2 Å². The van der Waals surface area contributed by atoms with Crippen molar-refractivity contribution < 1.29 is 19.1 Å². The highest BCUT2D eigenvalue weighted by atomic mass is 16.5. The number of rotatable bonds is 7. The smallest absolute Gasteiger partial charge is 0.312 e.